The van der Waals surface area contributed by atoms with Crippen molar-refractivity contribution in [2.45, 2.75) is 18.9 Å². The summed E-state index contributed by atoms with van der Waals surface area (Å²) in [4.78, 5) is 11.6. The van der Waals surface area contributed by atoms with Gasteiger partial charge in [0.1, 0.15) is 0 Å². The van der Waals surface area contributed by atoms with Crippen molar-refractivity contribution in [3.63, 3.8) is 0 Å². The Balaban J connectivity index is 2.58. The van der Waals surface area contributed by atoms with Gasteiger partial charge in [0.25, 0.3) is 0 Å². The highest BCUT2D eigenvalue weighted by molar-refractivity contribution is 5.85. The molecule has 2 N–H and O–H groups in total. The third-order valence-electron chi connectivity index (χ3n) is 2.41. The van der Waals surface area contributed by atoms with Crippen molar-refractivity contribution in [3.8, 4) is 0 Å². The predicted molar refractivity (Wildman–Crippen MR) is 59.5 cm³/mol. The van der Waals surface area contributed by atoms with E-state index in [9.17, 15) is 13.6 Å². The molecule has 0 fully saturated rings. The molecule has 0 amide bonds. The third-order valence-corrected chi connectivity index (χ3v) is 2.41. The molecule has 0 aliphatic rings. The van der Waals surface area contributed by atoms with Gasteiger partial charge in [0.2, 0.25) is 0 Å². The van der Waals surface area contributed by atoms with Crippen LogP contribution in [0.3, 0.4) is 0 Å². The molecule has 5 heteroatoms. The second kappa shape index (κ2) is 6.42. The van der Waals surface area contributed by atoms with E-state index in [1.54, 1.807) is 0 Å². The Bertz CT molecular complexity index is 396. The van der Waals surface area contributed by atoms with E-state index in [-0.39, 0.29) is 12.2 Å². The fraction of sp³-hybridized carbons (Fsp3) is 0.417. The molecule has 1 aromatic carbocycles. The Morgan fingerprint density at radius 3 is 2.71 bits per heavy atom. The number of hydrogen-bond acceptors (Lipinski definition) is 3. The molecular formula is C12H15F2NO2. The SMILES string of the molecule is COCCC(N)C(=O)Cc1ccc(F)c(F)c1. The lowest BCUT2D eigenvalue weighted by Gasteiger charge is -2.09. The van der Waals surface area contributed by atoms with Gasteiger partial charge in [-0.2, -0.15) is 0 Å². The smallest absolute Gasteiger partial charge is 0.159 e. The van der Waals surface area contributed by atoms with Crippen LogP contribution in [-0.2, 0) is 16.0 Å². The van der Waals surface area contributed by atoms with Gasteiger partial charge in [-0.05, 0) is 24.1 Å². The van der Waals surface area contributed by atoms with Crippen molar-refractivity contribution in [3.05, 3.63) is 35.4 Å². The van der Waals surface area contributed by atoms with Crippen LogP contribution in [0.15, 0.2) is 18.2 Å². The molecule has 1 aromatic rings. The third kappa shape index (κ3) is 4.20. The highest BCUT2D eigenvalue weighted by atomic mass is 19.2. The van der Waals surface area contributed by atoms with E-state index >= 15 is 0 Å². The van der Waals surface area contributed by atoms with Gasteiger partial charge in [-0.1, -0.05) is 6.07 Å². The van der Waals surface area contributed by atoms with Crippen LogP contribution in [-0.4, -0.2) is 25.5 Å². The highest BCUT2D eigenvalue weighted by Gasteiger charge is 2.14. The largest absolute Gasteiger partial charge is 0.385 e. The van der Waals surface area contributed by atoms with Crippen molar-refractivity contribution >= 4 is 5.78 Å². The van der Waals surface area contributed by atoms with Gasteiger partial charge in [-0.25, -0.2) is 8.78 Å². The van der Waals surface area contributed by atoms with Crippen molar-refractivity contribution in [2.75, 3.05) is 13.7 Å². The quantitative estimate of drug-likeness (QED) is 0.822. The van der Waals surface area contributed by atoms with Gasteiger partial charge in [0.05, 0.1) is 6.04 Å². The molecule has 0 radical (unpaired) electrons. The lowest BCUT2D eigenvalue weighted by molar-refractivity contribution is -0.120. The van der Waals surface area contributed by atoms with Crippen LogP contribution < -0.4 is 5.73 Å². The second-order valence-electron chi connectivity index (χ2n) is 3.78. The average Bonchev–Trinajstić information content (AvgIpc) is 2.30. The molecule has 0 spiro atoms. The van der Waals surface area contributed by atoms with Gasteiger partial charge in [0.15, 0.2) is 17.4 Å². The lowest BCUT2D eigenvalue weighted by Crippen LogP contribution is -2.32. The first kappa shape index (κ1) is 13.7. The van der Waals surface area contributed by atoms with Crippen molar-refractivity contribution in [1.29, 1.82) is 0 Å². The molecule has 0 aliphatic carbocycles. The predicted octanol–water partition coefficient (Wildman–Crippen LogP) is 1.44. The number of nitrogens with two attached hydrogens (primary N) is 1. The van der Waals surface area contributed by atoms with Gasteiger partial charge in [-0.3, -0.25) is 4.79 Å². The highest BCUT2D eigenvalue weighted by Crippen LogP contribution is 2.10. The number of carbonyl (C=O) groups excluding carboxylic acids is 1. The van der Waals surface area contributed by atoms with E-state index < -0.39 is 17.7 Å². The summed E-state index contributed by atoms with van der Waals surface area (Å²) < 4.78 is 30.4. The number of Topliss-reactive ketones (excluding diaryl/α,β-unsaturated/α-hetero) is 1. The summed E-state index contributed by atoms with van der Waals surface area (Å²) >= 11 is 0. The number of rotatable bonds is 6. The van der Waals surface area contributed by atoms with Gasteiger partial charge < -0.3 is 10.5 Å². The number of halogens is 2. The summed E-state index contributed by atoms with van der Waals surface area (Å²) in [6.45, 7) is 0.394. The van der Waals surface area contributed by atoms with E-state index in [2.05, 4.69) is 0 Å². The standard InChI is InChI=1S/C12H15F2NO2/c1-17-5-4-11(15)12(16)7-8-2-3-9(13)10(14)6-8/h2-3,6,11H,4-5,7,15H2,1H3. The van der Waals surface area contributed by atoms with Crippen LogP contribution in [0, 0.1) is 11.6 Å². The molecular weight excluding hydrogens is 228 g/mol. The zero-order chi connectivity index (χ0) is 12.8. The molecule has 0 bridgehead atoms. The van der Waals surface area contributed by atoms with E-state index in [0.29, 0.717) is 18.6 Å². The lowest BCUT2D eigenvalue weighted by atomic mass is 10.0. The molecule has 94 valence electrons. The minimum atomic E-state index is -0.958. The maximum absolute atomic E-state index is 12.9. The fourth-order valence-electron chi connectivity index (χ4n) is 1.39. The van der Waals surface area contributed by atoms with Crippen LogP contribution in [0.25, 0.3) is 0 Å². The molecule has 0 heterocycles. The van der Waals surface area contributed by atoms with Gasteiger partial charge in [-0.15, -0.1) is 0 Å². The van der Waals surface area contributed by atoms with Crippen LogP contribution in [0.5, 0.6) is 0 Å². The summed E-state index contributed by atoms with van der Waals surface area (Å²) in [5.41, 5.74) is 6.04. The van der Waals surface area contributed by atoms with Gasteiger partial charge >= 0.3 is 0 Å². The summed E-state index contributed by atoms with van der Waals surface area (Å²) in [5, 5.41) is 0. The zero-order valence-corrected chi connectivity index (χ0v) is 9.58. The van der Waals surface area contributed by atoms with E-state index in [0.717, 1.165) is 12.1 Å². The topological polar surface area (TPSA) is 52.3 Å². The molecule has 0 aromatic heterocycles. The molecule has 1 atom stereocenters. The van der Waals surface area contributed by atoms with Crippen molar-refractivity contribution < 1.29 is 18.3 Å². The minimum absolute atomic E-state index is 0.00206. The fourth-order valence-corrected chi connectivity index (χ4v) is 1.39. The van der Waals surface area contributed by atoms with Crippen molar-refractivity contribution in [1.82, 2.24) is 0 Å². The van der Waals surface area contributed by atoms with Crippen LogP contribution in [0.1, 0.15) is 12.0 Å². The number of methoxy groups -OCH3 is 1. The minimum Gasteiger partial charge on any atom is -0.385 e. The number of benzene rings is 1. The van der Waals surface area contributed by atoms with Gasteiger partial charge in [0, 0.05) is 20.1 Å². The molecule has 1 unspecified atom stereocenters. The molecule has 17 heavy (non-hydrogen) atoms. The average molecular weight is 243 g/mol. The number of carbonyl (C=O) groups is 1. The van der Waals surface area contributed by atoms with E-state index in [4.69, 9.17) is 10.5 Å². The van der Waals surface area contributed by atoms with Crippen molar-refractivity contribution in [2.24, 2.45) is 5.73 Å². The Labute approximate surface area is 98.6 Å². The number of ether oxygens (including phenoxy) is 1. The monoisotopic (exact) mass is 243 g/mol. The molecule has 3 nitrogen and oxygen atoms in total. The summed E-state index contributed by atoms with van der Waals surface area (Å²) in [6, 6.07) is 2.75. The molecule has 1 rings (SSSR count). The van der Waals surface area contributed by atoms with E-state index in [1.165, 1.54) is 13.2 Å². The summed E-state index contributed by atoms with van der Waals surface area (Å²) in [7, 11) is 1.52. The Kier molecular flexibility index (Phi) is 5.18. The first-order valence-corrected chi connectivity index (χ1v) is 5.25. The first-order valence-electron chi connectivity index (χ1n) is 5.25. The molecule has 0 saturated carbocycles. The Morgan fingerprint density at radius 2 is 2.12 bits per heavy atom. The number of hydrogen-bond donors (Lipinski definition) is 1. The van der Waals surface area contributed by atoms with Crippen LogP contribution in [0.2, 0.25) is 0 Å². The molecule has 0 saturated heterocycles. The van der Waals surface area contributed by atoms with E-state index in [1.807, 2.05) is 0 Å². The maximum atomic E-state index is 12.9. The maximum Gasteiger partial charge on any atom is 0.159 e. The summed E-state index contributed by atoms with van der Waals surface area (Å²) in [6.07, 6.45) is 0.418. The Morgan fingerprint density at radius 1 is 1.41 bits per heavy atom. The van der Waals surface area contributed by atoms with Crippen LogP contribution in [0.4, 0.5) is 8.78 Å². The second-order valence-corrected chi connectivity index (χ2v) is 3.78. The summed E-state index contributed by atoms with van der Waals surface area (Å²) in [5.74, 6) is -2.10. The van der Waals surface area contributed by atoms with Crippen LogP contribution >= 0.6 is 0 Å². The molecule has 0 aliphatic heterocycles. The zero-order valence-electron chi connectivity index (χ0n) is 9.58. The number of ketones is 1. The normalized spacial score (nSPS) is 12.5. The Hall–Kier alpha value is -1.33. The first-order chi connectivity index (χ1) is 8.04.